The van der Waals surface area contributed by atoms with Crippen molar-refractivity contribution in [2.24, 2.45) is 11.8 Å². The van der Waals surface area contributed by atoms with Crippen LogP contribution in [0.3, 0.4) is 0 Å². The van der Waals surface area contributed by atoms with E-state index in [9.17, 15) is 0 Å². The van der Waals surface area contributed by atoms with E-state index in [1.54, 1.807) is 6.20 Å². The molecule has 0 saturated carbocycles. The summed E-state index contributed by atoms with van der Waals surface area (Å²) >= 11 is 0. The molecule has 94 valence electrons. The lowest BCUT2D eigenvalue weighted by molar-refractivity contribution is 0.249. The first-order valence-corrected chi connectivity index (χ1v) is 6.06. The maximum atomic E-state index is 8.92. The molecule has 1 aromatic heterocycles. The molecule has 0 radical (unpaired) electrons. The third kappa shape index (κ3) is 3.39. The van der Waals surface area contributed by atoms with Crippen molar-refractivity contribution in [3.63, 3.8) is 0 Å². The summed E-state index contributed by atoms with van der Waals surface area (Å²) in [5.41, 5.74) is 3.78. The van der Waals surface area contributed by atoms with Crippen LogP contribution in [0.1, 0.15) is 18.4 Å². The van der Waals surface area contributed by atoms with E-state index < -0.39 is 0 Å². The first-order valence-electron chi connectivity index (χ1n) is 6.06. The number of nitrogens with two attached hydrogens (primary N) is 1. The molecule has 1 atom stereocenters. The summed E-state index contributed by atoms with van der Waals surface area (Å²) < 4.78 is 0. The van der Waals surface area contributed by atoms with Gasteiger partial charge in [-0.05, 0) is 43.0 Å². The molecule has 0 amide bonds. The summed E-state index contributed by atoms with van der Waals surface area (Å²) in [7, 11) is 0. The van der Waals surface area contributed by atoms with Gasteiger partial charge in [0.15, 0.2) is 0 Å². The fourth-order valence-electron chi connectivity index (χ4n) is 2.38. The molecule has 0 aliphatic carbocycles. The zero-order valence-electron chi connectivity index (χ0n) is 9.97. The predicted octanol–water partition coefficient (Wildman–Crippen LogP) is 0.571. The van der Waals surface area contributed by atoms with Crippen LogP contribution in [0.25, 0.3) is 0 Å². The molecule has 1 fully saturated rings. The minimum Gasteiger partial charge on any atom is -0.396 e. The Morgan fingerprint density at radius 1 is 1.59 bits per heavy atom. The fourth-order valence-corrected chi connectivity index (χ4v) is 2.38. The molecule has 0 bridgehead atoms. The minimum absolute atomic E-state index is 0.301. The molecule has 1 aromatic rings. The summed E-state index contributed by atoms with van der Waals surface area (Å²) in [6.45, 7) is 3.42. The van der Waals surface area contributed by atoms with Gasteiger partial charge in [-0.3, -0.25) is 4.90 Å². The van der Waals surface area contributed by atoms with Gasteiger partial charge in [0, 0.05) is 25.9 Å². The van der Waals surface area contributed by atoms with E-state index in [4.69, 9.17) is 10.9 Å². The molecule has 1 aliphatic heterocycles. The first kappa shape index (κ1) is 12.3. The van der Waals surface area contributed by atoms with E-state index in [0.717, 1.165) is 26.1 Å². The Morgan fingerprint density at radius 2 is 2.47 bits per heavy atom. The molecule has 4 N–H and O–H groups in total. The number of nitrogens with zero attached hydrogens (tertiary/aromatic N) is 2. The average molecular weight is 236 g/mol. The zero-order chi connectivity index (χ0) is 12.1. The zero-order valence-corrected chi connectivity index (χ0v) is 9.97. The molecule has 5 heteroatoms. The monoisotopic (exact) mass is 236 g/mol. The minimum atomic E-state index is 0.301. The molecule has 1 aliphatic rings. The van der Waals surface area contributed by atoms with Crippen LogP contribution in [0.2, 0.25) is 0 Å². The highest BCUT2D eigenvalue weighted by atomic mass is 16.3. The van der Waals surface area contributed by atoms with Crippen molar-refractivity contribution in [1.82, 2.24) is 9.88 Å². The number of hydrazine groups is 1. The summed E-state index contributed by atoms with van der Waals surface area (Å²) in [5.74, 6) is 6.68. The lowest BCUT2D eigenvalue weighted by Crippen LogP contribution is -2.20. The number of pyridine rings is 1. The summed E-state index contributed by atoms with van der Waals surface area (Å²) in [5, 5.41) is 8.92. The maximum absolute atomic E-state index is 8.92. The van der Waals surface area contributed by atoms with Crippen molar-refractivity contribution in [3.05, 3.63) is 23.9 Å². The van der Waals surface area contributed by atoms with Crippen molar-refractivity contribution >= 4 is 5.82 Å². The van der Waals surface area contributed by atoms with E-state index in [0.29, 0.717) is 18.3 Å². The molecule has 1 unspecified atom stereocenters. The van der Waals surface area contributed by atoms with Crippen molar-refractivity contribution in [3.8, 4) is 0 Å². The van der Waals surface area contributed by atoms with Crippen LogP contribution in [-0.4, -0.2) is 34.7 Å². The standard InChI is InChI=1S/C12H20N4O/c13-15-12-7-11(1-4-14-12)9-16-5-2-10(8-16)3-6-17/h1,4,7,10,17H,2-3,5-6,8-9,13H2,(H,14,15). The molecule has 17 heavy (non-hydrogen) atoms. The Morgan fingerprint density at radius 3 is 3.24 bits per heavy atom. The Labute approximate surface area is 102 Å². The Kier molecular flexibility index (Phi) is 4.30. The molecular formula is C12H20N4O. The van der Waals surface area contributed by atoms with Gasteiger partial charge in [-0.2, -0.15) is 0 Å². The molecule has 1 saturated heterocycles. The van der Waals surface area contributed by atoms with Crippen molar-refractivity contribution in [2.45, 2.75) is 19.4 Å². The number of hydrogen-bond donors (Lipinski definition) is 3. The van der Waals surface area contributed by atoms with Gasteiger partial charge in [-0.25, -0.2) is 10.8 Å². The van der Waals surface area contributed by atoms with Crippen molar-refractivity contribution < 1.29 is 5.11 Å². The smallest absolute Gasteiger partial charge is 0.140 e. The number of nitrogens with one attached hydrogen (secondary N) is 1. The van der Waals surface area contributed by atoms with Gasteiger partial charge in [0.25, 0.3) is 0 Å². The number of likely N-dealkylation sites (tertiary alicyclic amines) is 1. The molecule has 5 nitrogen and oxygen atoms in total. The van der Waals surface area contributed by atoms with Crippen LogP contribution in [0.4, 0.5) is 5.82 Å². The van der Waals surface area contributed by atoms with E-state index in [-0.39, 0.29) is 0 Å². The van der Waals surface area contributed by atoms with E-state index in [1.165, 1.54) is 12.0 Å². The number of aliphatic hydroxyl groups is 1. The molecule has 2 heterocycles. The van der Waals surface area contributed by atoms with Crippen molar-refractivity contribution in [2.75, 3.05) is 25.1 Å². The highest BCUT2D eigenvalue weighted by Crippen LogP contribution is 2.21. The fraction of sp³-hybridized carbons (Fsp3) is 0.583. The van der Waals surface area contributed by atoms with Gasteiger partial charge in [0.2, 0.25) is 0 Å². The van der Waals surface area contributed by atoms with Crippen LogP contribution >= 0.6 is 0 Å². The third-order valence-electron chi connectivity index (χ3n) is 3.29. The Hall–Kier alpha value is -1.17. The van der Waals surface area contributed by atoms with Gasteiger partial charge in [-0.1, -0.05) is 0 Å². The summed E-state index contributed by atoms with van der Waals surface area (Å²) in [6, 6.07) is 3.99. The van der Waals surface area contributed by atoms with E-state index in [1.807, 2.05) is 12.1 Å². The summed E-state index contributed by atoms with van der Waals surface area (Å²) in [6.07, 6.45) is 3.88. The molecule has 0 spiro atoms. The van der Waals surface area contributed by atoms with Gasteiger partial charge >= 0.3 is 0 Å². The number of anilines is 1. The summed E-state index contributed by atoms with van der Waals surface area (Å²) in [4.78, 5) is 6.50. The van der Waals surface area contributed by atoms with Crippen LogP contribution in [0, 0.1) is 5.92 Å². The van der Waals surface area contributed by atoms with Crippen LogP contribution in [0.5, 0.6) is 0 Å². The molecule has 2 rings (SSSR count). The maximum Gasteiger partial charge on any atom is 0.140 e. The second-order valence-corrected chi connectivity index (χ2v) is 4.60. The number of nitrogen functional groups attached to an aromatic ring is 1. The van der Waals surface area contributed by atoms with Gasteiger partial charge in [-0.15, -0.1) is 0 Å². The van der Waals surface area contributed by atoms with Gasteiger partial charge in [0.05, 0.1) is 0 Å². The number of hydrogen-bond acceptors (Lipinski definition) is 5. The normalized spacial score (nSPS) is 20.7. The SMILES string of the molecule is NNc1cc(CN2CCC(CCO)C2)ccn1. The highest BCUT2D eigenvalue weighted by Gasteiger charge is 2.21. The number of aromatic nitrogens is 1. The van der Waals surface area contributed by atoms with Crippen molar-refractivity contribution in [1.29, 1.82) is 0 Å². The highest BCUT2D eigenvalue weighted by molar-refractivity contribution is 5.35. The largest absolute Gasteiger partial charge is 0.396 e. The topological polar surface area (TPSA) is 74.4 Å². The third-order valence-corrected chi connectivity index (χ3v) is 3.29. The molecular weight excluding hydrogens is 216 g/mol. The molecule has 0 aromatic carbocycles. The Bertz CT molecular complexity index is 358. The van der Waals surface area contributed by atoms with Gasteiger partial charge in [0.1, 0.15) is 5.82 Å². The number of rotatable bonds is 5. The van der Waals surface area contributed by atoms with E-state index in [2.05, 4.69) is 15.3 Å². The quantitative estimate of drug-likeness (QED) is 0.515. The first-order chi connectivity index (χ1) is 8.31. The van der Waals surface area contributed by atoms with Crippen LogP contribution in [0.15, 0.2) is 18.3 Å². The predicted molar refractivity (Wildman–Crippen MR) is 67.1 cm³/mol. The second-order valence-electron chi connectivity index (χ2n) is 4.60. The number of aliphatic hydroxyl groups excluding tert-OH is 1. The van der Waals surface area contributed by atoms with E-state index >= 15 is 0 Å². The Balaban J connectivity index is 1.88. The lowest BCUT2D eigenvalue weighted by atomic mass is 10.1. The van der Waals surface area contributed by atoms with Crippen LogP contribution < -0.4 is 11.3 Å². The van der Waals surface area contributed by atoms with Crippen LogP contribution in [-0.2, 0) is 6.54 Å². The lowest BCUT2D eigenvalue weighted by Gasteiger charge is -2.16. The van der Waals surface area contributed by atoms with Gasteiger partial charge < -0.3 is 10.5 Å². The second kappa shape index (κ2) is 5.95. The average Bonchev–Trinajstić information content (AvgIpc) is 2.77.